The Balaban J connectivity index is 1.99. The number of carbonyl (C=O) groups excluding carboxylic acids is 1. The molecule has 1 nitrogen and oxygen atoms in total. The van der Waals surface area contributed by atoms with E-state index < -0.39 is 0 Å². The molecule has 0 aliphatic rings. The normalized spacial score (nSPS) is 11.2. The minimum atomic E-state index is 0.909. The van der Waals surface area contributed by atoms with E-state index >= 15 is 0 Å². The third-order valence-electron chi connectivity index (χ3n) is 3.35. The van der Waals surface area contributed by atoms with Crippen molar-refractivity contribution >= 4 is 17.6 Å². The van der Waals surface area contributed by atoms with E-state index in [0.29, 0.717) is 0 Å². The number of rotatable bonds is 11. The zero-order valence-corrected chi connectivity index (χ0v) is 12.9. The molecule has 2 heteroatoms. The number of aryl methyl sites for hydroxylation is 1. The summed E-state index contributed by atoms with van der Waals surface area (Å²) in [6.07, 6.45) is 16.9. The summed E-state index contributed by atoms with van der Waals surface area (Å²) >= 11 is 1.55. The molecule has 0 aliphatic carbocycles. The van der Waals surface area contributed by atoms with Crippen LogP contribution >= 0.6 is 11.3 Å². The van der Waals surface area contributed by atoms with Crippen LogP contribution in [0.2, 0.25) is 0 Å². The van der Waals surface area contributed by atoms with Crippen LogP contribution in [-0.2, 0) is 6.42 Å². The van der Waals surface area contributed by atoms with Gasteiger partial charge in [0.1, 0.15) is 0 Å². The number of allylic oxidation sites excluding steroid dienone is 2. The van der Waals surface area contributed by atoms with Gasteiger partial charge < -0.3 is 0 Å². The van der Waals surface area contributed by atoms with Gasteiger partial charge in [-0.15, -0.1) is 11.3 Å². The van der Waals surface area contributed by atoms with Crippen molar-refractivity contribution in [3.8, 4) is 0 Å². The molecule has 0 radical (unpaired) electrons. The van der Waals surface area contributed by atoms with Crippen LogP contribution in [0.3, 0.4) is 0 Å². The predicted octanol–water partition coefficient (Wildman–Crippen LogP) is 5.80. The number of aldehydes is 1. The smallest absolute Gasteiger partial charge is 0.160 e. The zero-order chi connectivity index (χ0) is 13.8. The van der Waals surface area contributed by atoms with E-state index in [4.69, 9.17) is 0 Å². The Labute approximate surface area is 121 Å². The second kappa shape index (κ2) is 11.0. The molecule has 0 N–H and O–H groups in total. The quantitative estimate of drug-likeness (QED) is 0.284. The van der Waals surface area contributed by atoms with Crippen molar-refractivity contribution in [3.05, 3.63) is 34.0 Å². The third-order valence-corrected chi connectivity index (χ3v) is 4.23. The lowest BCUT2D eigenvalue weighted by atomic mass is 10.1. The van der Waals surface area contributed by atoms with Gasteiger partial charge in [0.25, 0.3) is 0 Å². The van der Waals surface area contributed by atoms with Crippen molar-refractivity contribution in [1.29, 1.82) is 0 Å². The molecule has 0 atom stereocenters. The first kappa shape index (κ1) is 16.2. The molecular weight excluding hydrogens is 252 g/mol. The van der Waals surface area contributed by atoms with Gasteiger partial charge >= 0.3 is 0 Å². The Morgan fingerprint density at radius 3 is 2.47 bits per heavy atom. The molecule has 1 aromatic heterocycles. The summed E-state index contributed by atoms with van der Waals surface area (Å²) in [6.45, 7) is 2.25. The highest BCUT2D eigenvalue weighted by atomic mass is 32.1. The lowest BCUT2D eigenvalue weighted by Gasteiger charge is -1.98. The lowest BCUT2D eigenvalue weighted by Crippen LogP contribution is -1.87. The summed E-state index contributed by atoms with van der Waals surface area (Å²) in [5.74, 6) is 0. The van der Waals surface area contributed by atoms with E-state index in [1.807, 2.05) is 5.38 Å². The Kier molecular flexibility index (Phi) is 9.34. The van der Waals surface area contributed by atoms with E-state index in [0.717, 1.165) is 17.6 Å². The van der Waals surface area contributed by atoms with Crippen LogP contribution in [0.15, 0.2) is 23.6 Å². The van der Waals surface area contributed by atoms with Gasteiger partial charge in [0.2, 0.25) is 0 Å². The van der Waals surface area contributed by atoms with Gasteiger partial charge in [-0.3, -0.25) is 4.79 Å². The molecule has 0 amide bonds. The van der Waals surface area contributed by atoms with Crippen molar-refractivity contribution in [3.63, 3.8) is 0 Å². The topological polar surface area (TPSA) is 17.1 Å². The van der Waals surface area contributed by atoms with E-state index in [1.54, 1.807) is 11.3 Å². The summed E-state index contributed by atoms with van der Waals surface area (Å²) in [5, 5.41) is 2.01. The minimum Gasteiger partial charge on any atom is -0.297 e. The Hall–Kier alpha value is -0.890. The number of hydrogen-bond acceptors (Lipinski definition) is 2. The van der Waals surface area contributed by atoms with Crippen LogP contribution in [0.1, 0.15) is 73.5 Å². The Morgan fingerprint density at radius 2 is 1.79 bits per heavy atom. The average Bonchev–Trinajstić information content (AvgIpc) is 2.88. The molecule has 19 heavy (non-hydrogen) atoms. The summed E-state index contributed by atoms with van der Waals surface area (Å²) in [5.41, 5.74) is 1.23. The van der Waals surface area contributed by atoms with E-state index in [1.165, 1.54) is 56.9 Å². The highest BCUT2D eigenvalue weighted by molar-refractivity contribution is 7.11. The maximum atomic E-state index is 10.8. The monoisotopic (exact) mass is 278 g/mol. The maximum Gasteiger partial charge on any atom is 0.160 e. The second-order valence-electron chi connectivity index (χ2n) is 4.99. The van der Waals surface area contributed by atoms with E-state index in [2.05, 4.69) is 25.1 Å². The molecular formula is C17H26OS. The molecule has 0 bridgehead atoms. The predicted molar refractivity (Wildman–Crippen MR) is 85.2 cm³/mol. The van der Waals surface area contributed by atoms with Crippen LogP contribution in [0, 0.1) is 0 Å². The van der Waals surface area contributed by atoms with E-state index in [-0.39, 0.29) is 0 Å². The van der Waals surface area contributed by atoms with Crippen LogP contribution in [0.5, 0.6) is 0 Å². The first-order valence-corrected chi connectivity index (χ1v) is 8.43. The fraction of sp³-hybridized carbons (Fsp3) is 0.588. The molecule has 0 unspecified atom stereocenters. The zero-order valence-electron chi connectivity index (χ0n) is 12.1. The first-order chi connectivity index (χ1) is 9.38. The van der Waals surface area contributed by atoms with Gasteiger partial charge in [0.05, 0.1) is 4.88 Å². The third kappa shape index (κ3) is 7.31. The van der Waals surface area contributed by atoms with Crippen LogP contribution in [0.4, 0.5) is 0 Å². The highest BCUT2D eigenvalue weighted by Crippen LogP contribution is 2.17. The van der Waals surface area contributed by atoms with Gasteiger partial charge in [-0.25, -0.2) is 0 Å². The summed E-state index contributed by atoms with van der Waals surface area (Å²) in [4.78, 5) is 11.7. The van der Waals surface area contributed by atoms with Crippen molar-refractivity contribution in [2.75, 3.05) is 0 Å². The van der Waals surface area contributed by atoms with Crippen molar-refractivity contribution in [2.45, 2.75) is 64.7 Å². The maximum absolute atomic E-state index is 10.8. The SMILES string of the molecule is CCCCCCC=CCCCCc1ccsc1C=O. The second-order valence-corrected chi connectivity index (χ2v) is 5.94. The average molecular weight is 278 g/mol. The summed E-state index contributed by atoms with van der Waals surface area (Å²) in [7, 11) is 0. The van der Waals surface area contributed by atoms with Gasteiger partial charge in [0, 0.05) is 0 Å². The largest absolute Gasteiger partial charge is 0.297 e. The van der Waals surface area contributed by atoms with Crippen LogP contribution in [-0.4, -0.2) is 6.29 Å². The van der Waals surface area contributed by atoms with Crippen LogP contribution in [0.25, 0.3) is 0 Å². The standard InChI is InChI=1S/C17H26OS/c1-2-3-4-5-6-7-8-9-10-11-12-16-13-14-19-17(16)15-18/h7-8,13-15H,2-6,9-12H2,1H3. The number of unbranched alkanes of at least 4 members (excludes halogenated alkanes) is 6. The van der Waals surface area contributed by atoms with Gasteiger partial charge in [-0.2, -0.15) is 0 Å². The van der Waals surface area contributed by atoms with Crippen molar-refractivity contribution < 1.29 is 4.79 Å². The molecule has 0 fully saturated rings. The van der Waals surface area contributed by atoms with Gasteiger partial charge in [0.15, 0.2) is 6.29 Å². The molecule has 0 spiro atoms. The van der Waals surface area contributed by atoms with Crippen LogP contribution < -0.4 is 0 Å². The fourth-order valence-corrected chi connectivity index (χ4v) is 2.92. The summed E-state index contributed by atoms with van der Waals surface area (Å²) < 4.78 is 0. The highest BCUT2D eigenvalue weighted by Gasteiger charge is 2.01. The fourth-order valence-electron chi connectivity index (χ4n) is 2.16. The molecule has 0 saturated carbocycles. The Morgan fingerprint density at radius 1 is 1.05 bits per heavy atom. The van der Waals surface area contributed by atoms with E-state index in [9.17, 15) is 4.79 Å². The molecule has 1 aromatic rings. The molecule has 106 valence electrons. The summed E-state index contributed by atoms with van der Waals surface area (Å²) in [6, 6.07) is 2.08. The van der Waals surface area contributed by atoms with Crippen molar-refractivity contribution in [1.82, 2.24) is 0 Å². The van der Waals surface area contributed by atoms with Gasteiger partial charge in [-0.1, -0.05) is 38.3 Å². The molecule has 1 heterocycles. The minimum absolute atomic E-state index is 0.909. The van der Waals surface area contributed by atoms with Crippen molar-refractivity contribution in [2.24, 2.45) is 0 Å². The van der Waals surface area contributed by atoms with Gasteiger partial charge in [-0.05, 0) is 55.5 Å². The lowest BCUT2D eigenvalue weighted by molar-refractivity contribution is 0.112. The molecule has 0 saturated heterocycles. The Bertz CT molecular complexity index is 365. The number of hydrogen-bond donors (Lipinski definition) is 0. The first-order valence-electron chi connectivity index (χ1n) is 7.55. The number of carbonyl (C=O) groups is 1. The molecule has 0 aliphatic heterocycles. The number of thiophene rings is 1. The molecule has 0 aromatic carbocycles. The molecule has 1 rings (SSSR count).